The predicted molar refractivity (Wildman–Crippen MR) is 113 cm³/mol. The van der Waals surface area contributed by atoms with Crippen LogP contribution in [0.2, 0.25) is 0 Å². The number of hydrogen-bond donors (Lipinski definition) is 2. The zero-order chi connectivity index (χ0) is 20.0. The van der Waals surface area contributed by atoms with Crippen LogP contribution in [0.15, 0.2) is 0 Å². The van der Waals surface area contributed by atoms with Gasteiger partial charge in [-0.1, -0.05) is 13.8 Å². The standard InChI is InChI=1S/C21H46N4O/c1-19(2,17-23-7)16-20(3,4)25-11-9-10-24(12-13-25)15-18(22)14-21(5,6)26-8/h18,23H,9-17,22H2,1-8H3. The Morgan fingerprint density at radius 1 is 1.04 bits per heavy atom. The largest absolute Gasteiger partial charge is 0.379 e. The summed E-state index contributed by atoms with van der Waals surface area (Å²) in [4.78, 5) is 5.24. The highest BCUT2D eigenvalue weighted by molar-refractivity contribution is 4.90. The molecule has 0 saturated carbocycles. The molecule has 0 spiro atoms. The van der Waals surface area contributed by atoms with E-state index in [1.807, 2.05) is 7.05 Å². The van der Waals surface area contributed by atoms with Crippen LogP contribution in [0.5, 0.6) is 0 Å². The van der Waals surface area contributed by atoms with Crippen LogP contribution in [0.4, 0.5) is 0 Å². The Balaban J connectivity index is 2.56. The Kier molecular flexibility index (Phi) is 9.01. The van der Waals surface area contributed by atoms with Crippen molar-refractivity contribution in [3.63, 3.8) is 0 Å². The van der Waals surface area contributed by atoms with E-state index in [0.717, 1.165) is 39.1 Å². The molecule has 0 aromatic heterocycles. The molecule has 5 nitrogen and oxygen atoms in total. The van der Waals surface area contributed by atoms with Gasteiger partial charge in [-0.15, -0.1) is 0 Å². The van der Waals surface area contributed by atoms with Crippen LogP contribution in [0.1, 0.15) is 60.8 Å². The van der Waals surface area contributed by atoms with Crippen LogP contribution in [0.25, 0.3) is 0 Å². The number of nitrogens with two attached hydrogens (primary N) is 1. The molecule has 1 rings (SSSR count). The molecule has 0 aromatic carbocycles. The first kappa shape index (κ1) is 23.8. The average molecular weight is 371 g/mol. The SMILES string of the molecule is CNCC(C)(C)CC(C)(C)N1CCCN(CC(N)CC(C)(C)OC)CC1. The van der Waals surface area contributed by atoms with Crippen molar-refractivity contribution in [1.82, 2.24) is 15.1 Å². The van der Waals surface area contributed by atoms with E-state index in [9.17, 15) is 0 Å². The summed E-state index contributed by atoms with van der Waals surface area (Å²) in [7, 11) is 3.82. The maximum absolute atomic E-state index is 6.41. The molecule has 1 unspecified atom stereocenters. The lowest BCUT2D eigenvalue weighted by molar-refractivity contribution is 0.00736. The van der Waals surface area contributed by atoms with Gasteiger partial charge >= 0.3 is 0 Å². The maximum Gasteiger partial charge on any atom is 0.0638 e. The Labute approximate surface area is 163 Å². The van der Waals surface area contributed by atoms with Gasteiger partial charge in [0.05, 0.1) is 5.60 Å². The van der Waals surface area contributed by atoms with Crippen molar-refractivity contribution in [3.05, 3.63) is 0 Å². The molecule has 0 bridgehead atoms. The molecular formula is C21H46N4O. The normalized spacial score (nSPS) is 20.2. The second-order valence-electron chi connectivity index (χ2n) is 10.3. The fraction of sp³-hybridized carbons (Fsp3) is 1.00. The van der Waals surface area contributed by atoms with Crippen molar-refractivity contribution in [2.45, 2.75) is 78.0 Å². The Morgan fingerprint density at radius 2 is 1.69 bits per heavy atom. The van der Waals surface area contributed by atoms with Crippen LogP contribution in [0, 0.1) is 5.41 Å². The van der Waals surface area contributed by atoms with E-state index in [0.29, 0.717) is 5.41 Å². The third-order valence-electron chi connectivity index (χ3n) is 5.81. The average Bonchev–Trinajstić information content (AvgIpc) is 2.71. The van der Waals surface area contributed by atoms with E-state index >= 15 is 0 Å². The van der Waals surface area contributed by atoms with Crippen molar-refractivity contribution in [1.29, 1.82) is 0 Å². The Morgan fingerprint density at radius 3 is 2.27 bits per heavy atom. The molecule has 1 aliphatic heterocycles. The van der Waals surface area contributed by atoms with Gasteiger partial charge in [-0.25, -0.2) is 0 Å². The number of hydrogen-bond acceptors (Lipinski definition) is 5. The van der Waals surface area contributed by atoms with Crippen LogP contribution < -0.4 is 11.1 Å². The second-order valence-corrected chi connectivity index (χ2v) is 10.3. The minimum Gasteiger partial charge on any atom is -0.379 e. The first-order valence-electron chi connectivity index (χ1n) is 10.3. The Bertz CT molecular complexity index is 409. The van der Waals surface area contributed by atoms with Gasteiger partial charge in [-0.2, -0.15) is 0 Å². The highest BCUT2D eigenvalue weighted by atomic mass is 16.5. The van der Waals surface area contributed by atoms with Crippen molar-refractivity contribution >= 4 is 0 Å². The molecule has 5 heteroatoms. The summed E-state index contributed by atoms with van der Waals surface area (Å²) >= 11 is 0. The van der Waals surface area contributed by atoms with E-state index in [-0.39, 0.29) is 17.2 Å². The minimum absolute atomic E-state index is 0.141. The van der Waals surface area contributed by atoms with E-state index in [1.54, 1.807) is 7.11 Å². The first-order valence-corrected chi connectivity index (χ1v) is 10.3. The zero-order valence-electron chi connectivity index (χ0n) is 18.8. The van der Waals surface area contributed by atoms with Crippen LogP contribution in [-0.2, 0) is 4.74 Å². The number of rotatable bonds is 10. The van der Waals surface area contributed by atoms with Gasteiger partial charge in [0, 0.05) is 44.9 Å². The third kappa shape index (κ3) is 8.22. The fourth-order valence-electron chi connectivity index (χ4n) is 4.69. The lowest BCUT2D eigenvalue weighted by Crippen LogP contribution is -2.50. The van der Waals surface area contributed by atoms with Gasteiger partial charge in [0.1, 0.15) is 0 Å². The predicted octanol–water partition coefficient (Wildman–Crippen LogP) is 2.55. The molecule has 156 valence electrons. The molecule has 0 radical (unpaired) electrons. The van der Waals surface area contributed by atoms with E-state index in [1.165, 1.54) is 19.4 Å². The minimum atomic E-state index is -0.141. The first-order chi connectivity index (χ1) is 11.9. The van der Waals surface area contributed by atoms with Gasteiger partial charge in [0.15, 0.2) is 0 Å². The molecule has 1 heterocycles. The lowest BCUT2D eigenvalue weighted by Gasteiger charge is -2.43. The lowest BCUT2D eigenvalue weighted by atomic mass is 9.79. The van der Waals surface area contributed by atoms with Gasteiger partial charge in [-0.3, -0.25) is 4.90 Å². The highest BCUT2D eigenvalue weighted by Gasteiger charge is 2.34. The van der Waals surface area contributed by atoms with Crippen molar-refractivity contribution in [2.24, 2.45) is 11.1 Å². The number of nitrogens with zero attached hydrogens (tertiary/aromatic N) is 2. The molecule has 1 saturated heterocycles. The molecule has 3 N–H and O–H groups in total. The maximum atomic E-state index is 6.41. The summed E-state index contributed by atoms with van der Waals surface area (Å²) in [5.41, 5.74) is 6.79. The smallest absolute Gasteiger partial charge is 0.0638 e. The molecule has 1 fully saturated rings. The van der Waals surface area contributed by atoms with Gasteiger partial charge < -0.3 is 20.7 Å². The van der Waals surface area contributed by atoms with Crippen molar-refractivity contribution < 1.29 is 4.74 Å². The summed E-state index contributed by atoms with van der Waals surface area (Å²) < 4.78 is 5.54. The molecule has 0 amide bonds. The fourth-order valence-corrected chi connectivity index (χ4v) is 4.69. The van der Waals surface area contributed by atoms with Crippen LogP contribution in [0.3, 0.4) is 0 Å². The second kappa shape index (κ2) is 9.83. The van der Waals surface area contributed by atoms with Crippen LogP contribution >= 0.6 is 0 Å². The van der Waals surface area contributed by atoms with Crippen molar-refractivity contribution in [3.8, 4) is 0 Å². The summed E-state index contributed by atoms with van der Waals surface area (Å²) in [6, 6.07) is 0.166. The molecule has 1 aliphatic rings. The summed E-state index contributed by atoms with van der Waals surface area (Å²) in [6.45, 7) is 20.4. The van der Waals surface area contributed by atoms with E-state index < -0.39 is 0 Å². The quantitative estimate of drug-likeness (QED) is 0.619. The number of methoxy groups -OCH3 is 1. The van der Waals surface area contributed by atoms with Crippen LogP contribution in [-0.4, -0.2) is 80.4 Å². The molecular weight excluding hydrogens is 324 g/mol. The topological polar surface area (TPSA) is 53.8 Å². The monoisotopic (exact) mass is 370 g/mol. The van der Waals surface area contributed by atoms with E-state index in [2.05, 4.69) is 56.7 Å². The molecule has 0 aromatic rings. The highest BCUT2D eigenvalue weighted by Crippen LogP contribution is 2.32. The summed E-state index contributed by atoms with van der Waals surface area (Å²) in [5.74, 6) is 0. The third-order valence-corrected chi connectivity index (χ3v) is 5.81. The van der Waals surface area contributed by atoms with Gasteiger partial charge in [-0.05, 0) is 72.5 Å². The summed E-state index contributed by atoms with van der Waals surface area (Å²) in [6.07, 6.45) is 3.31. The van der Waals surface area contributed by atoms with Gasteiger partial charge in [0.2, 0.25) is 0 Å². The summed E-state index contributed by atoms with van der Waals surface area (Å²) in [5, 5.41) is 3.35. The van der Waals surface area contributed by atoms with Crippen molar-refractivity contribution in [2.75, 3.05) is 53.4 Å². The number of nitrogens with one attached hydrogen (secondary N) is 1. The number of ether oxygens (including phenoxy) is 1. The molecule has 0 aliphatic carbocycles. The Hall–Kier alpha value is -0.200. The molecule has 1 atom stereocenters. The van der Waals surface area contributed by atoms with Gasteiger partial charge in [0.25, 0.3) is 0 Å². The molecule has 26 heavy (non-hydrogen) atoms. The zero-order valence-corrected chi connectivity index (χ0v) is 18.8. The van der Waals surface area contributed by atoms with E-state index in [4.69, 9.17) is 10.5 Å².